The topological polar surface area (TPSA) is 66.8 Å². The molecule has 0 amide bonds. The van der Waals surface area contributed by atoms with Crippen LogP contribution in [0.25, 0.3) is 11.4 Å². The summed E-state index contributed by atoms with van der Waals surface area (Å²) in [6.45, 7) is 7.45. The molecule has 0 saturated carbocycles. The van der Waals surface area contributed by atoms with Gasteiger partial charge in [-0.15, -0.1) is 0 Å². The Morgan fingerprint density at radius 1 is 1.06 bits per heavy atom. The minimum Gasteiger partial charge on any atom is -0.368 e. The molecule has 2 aliphatic rings. The molecule has 3 aromatic rings. The van der Waals surface area contributed by atoms with Crippen LogP contribution >= 0.6 is 0 Å². The zero-order chi connectivity index (χ0) is 21.3. The van der Waals surface area contributed by atoms with E-state index in [1.165, 1.54) is 29.7 Å². The fourth-order valence-corrected chi connectivity index (χ4v) is 5.17. The first-order valence-electron chi connectivity index (χ1n) is 11.3. The van der Waals surface area contributed by atoms with E-state index in [0.717, 1.165) is 49.7 Å². The van der Waals surface area contributed by atoms with Crippen molar-refractivity contribution in [1.82, 2.24) is 24.8 Å². The molecule has 1 spiro atoms. The Labute approximate surface area is 184 Å². The Bertz CT molecular complexity index is 1040. The van der Waals surface area contributed by atoms with Crippen LogP contribution in [0, 0.1) is 0 Å². The van der Waals surface area contributed by atoms with Gasteiger partial charge in [0.25, 0.3) is 0 Å². The summed E-state index contributed by atoms with van der Waals surface area (Å²) in [6.07, 6.45) is 12.0. The van der Waals surface area contributed by atoms with Crippen molar-refractivity contribution in [2.24, 2.45) is 0 Å². The first-order chi connectivity index (χ1) is 15.1. The first-order valence-corrected chi connectivity index (χ1v) is 11.3. The van der Waals surface area contributed by atoms with Crippen LogP contribution in [0.5, 0.6) is 0 Å². The summed E-state index contributed by atoms with van der Waals surface area (Å²) < 4.78 is 0. The second-order valence-corrected chi connectivity index (χ2v) is 9.22. The van der Waals surface area contributed by atoms with Gasteiger partial charge >= 0.3 is 0 Å². The number of rotatable bonds is 5. The van der Waals surface area contributed by atoms with E-state index < -0.39 is 0 Å². The quantitative estimate of drug-likeness (QED) is 0.674. The highest BCUT2D eigenvalue weighted by atomic mass is 15.1. The maximum absolute atomic E-state index is 5.18. The van der Waals surface area contributed by atoms with Crippen molar-refractivity contribution in [3.05, 3.63) is 65.9 Å². The van der Waals surface area contributed by atoms with E-state index in [0.29, 0.717) is 6.04 Å². The van der Waals surface area contributed by atoms with Crippen LogP contribution in [0.2, 0.25) is 0 Å². The van der Waals surface area contributed by atoms with Gasteiger partial charge in [-0.05, 0) is 69.8 Å². The molecule has 4 heterocycles. The third kappa shape index (κ3) is 4.04. The highest BCUT2D eigenvalue weighted by molar-refractivity contribution is 5.61. The third-order valence-electron chi connectivity index (χ3n) is 6.49. The van der Waals surface area contributed by atoms with Crippen LogP contribution in [0.15, 0.2) is 49.1 Å². The van der Waals surface area contributed by atoms with Gasteiger partial charge in [-0.2, -0.15) is 0 Å². The van der Waals surface area contributed by atoms with E-state index >= 15 is 0 Å². The molecule has 0 radical (unpaired) electrons. The maximum atomic E-state index is 5.18. The average molecular weight is 415 g/mol. The van der Waals surface area contributed by atoms with Crippen LogP contribution in [0.1, 0.15) is 49.9 Å². The first kappa shape index (κ1) is 20.1. The lowest BCUT2D eigenvalue weighted by Crippen LogP contribution is -2.45. The number of piperidine rings is 1. The molecular weight excluding hydrogens is 384 g/mol. The number of hydrogen-bond acceptors (Lipinski definition) is 6. The molecule has 1 N–H and O–H groups in total. The van der Waals surface area contributed by atoms with Crippen LogP contribution < -0.4 is 5.32 Å². The largest absolute Gasteiger partial charge is 0.368 e. The number of hydrogen-bond donors (Lipinski definition) is 1. The van der Waals surface area contributed by atoms with Gasteiger partial charge in [-0.3, -0.25) is 14.9 Å². The molecule has 1 atom stereocenters. The number of anilines is 1. The summed E-state index contributed by atoms with van der Waals surface area (Å²) in [5.74, 6) is 1.78. The molecule has 3 aromatic heterocycles. The number of aromatic nitrogens is 4. The Morgan fingerprint density at radius 3 is 2.65 bits per heavy atom. The van der Waals surface area contributed by atoms with Crippen LogP contribution in [-0.4, -0.2) is 44.0 Å². The summed E-state index contributed by atoms with van der Waals surface area (Å²) in [6, 6.07) is 8.52. The molecule has 6 nitrogen and oxygen atoms in total. The standard InChI is InChI=1S/C25H30N6/c1-18(2)28-24-21-8-10-25(22(21)29-23(30-24)20-7-4-12-27-15-20)9-5-13-31(17-25)16-19-6-3-11-26-14-19/h3-4,6-7,11-12,14-15,18H,5,8-10,13,16-17H2,1-2H3,(H,28,29,30). The Hall–Kier alpha value is -2.86. The van der Waals surface area contributed by atoms with E-state index in [9.17, 15) is 0 Å². The van der Waals surface area contributed by atoms with Crippen molar-refractivity contribution in [2.45, 2.75) is 57.5 Å². The molecule has 1 aliphatic carbocycles. The van der Waals surface area contributed by atoms with Crippen LogP contribution in [0.4, 0.5) is 5.82 Å². The molecule has 160 valence electrons. The molecule has 6 heteroatoms. The van der Waals surface area contributed by atoms with Gasteiger partial charge in [0, 0.05) is 60.5 Å². The van der Waals surface area contributed by atoms with Gasteiger partial charge in [0.15, 0.2) is 5.82 Å². The zero-order valence-electron chi connectivity index (χ0n) is 18.4. The number of likely N-dealkylation sites (tertiary alicyclic amines) is 1. The second-order valence-electron chi connectivity index (χ2n) is 9.22. The molecule has 31 heavy (non-hydrogen) atoms. The summed E-state index contributed by atoms with van der Waals surface area (Å²) in [5, 5.41) is 3.59. The summed E-state index contributed by atoms with van der Waals surface area (Å²) in [7, 11) is 0. The molecule has 5 rings (SSSR count). The SMILES string of the molecule is CC(C)Nc1nc(-c2cccnc2)nc2c1CCC21CCCN(Cc2cccnc2)C1. The molecular formula is C25H30N6. The zero-order valence-corrected chi connectivity index (χ0v) is 18.4. The van der Waals surface area contributed by atoms with Crippen molar-refractivity contribution in [3.8, 4) is 11.4 Å². The number of fused-ring (bicyclic) bond motifs is 2. The summed E-state index contributed by atoms with van der Waals surface area (Å²) >= 11 is 0. The van der Waals surface area contributed by atoms with Gasteiger partial charge in [-0.1, -0.05) is 6.07 Å². The molecule has 0 aromatic carbocycles. The smallest absolute Gasteiger partial charge is 0.163 e. The van der Waals surface area contributed by atoms with Gasteiger partial charge in [0.05, 0.1) is 5.69 Å². The Morgan fingerprint density at radius 2 is 1.90 bits per heavy atom. The third-order valence-corrected chi connectivity index (χ3v) is 6.49. The van der Waals surface area contributed by atoms with E-state index in [1.54, 1.807) is 6.20 Å². The number of pyridine rings is 2. The predicted molar refractivity (Wildman–Crippen MR) is 123 cm³/mol. The predicted octanol–water partition coefficient (Wildman–Crippen LogP) is 4.23. The molecule has 0 bridgehead atoms. The Balaban J connectivity index is 1.52. The lowest BCUT2D eigenvalue weighted by molar-refractivity contribution is 0.136. The van der Waals surface area contributed by atoms with Gasteiger partial charge < -0.3 is 5.32 Å². The Kier molecular flexibility index (Phi) is 5.40. The summed E-state index contributed by atoms with van der Waals surface area (Å²) in [4.78, 5) is 21.3. The van der Waals surface area contributed by atoms with Crippen molar-refractivity contribution in [2.75, 3.05) is 18.4 Å². The van der Waals surface area contributed by atoms with Gasteiger partial charge in [0.1, 0.15) is 5.82 Å². The molecule has 1 fully saturated rings. The van der Waals surface area contributed by atoms with Gasteiger partial charge in [-0.25, -0.2) is 9.97 Å². The van der Waals surface area contributed by atoms with E-state index in [2.05, 4.69) is 40.1 Å². The van der Waals surface area contributed by atoms with Crippen LogP contribution in [0.3, 0.4) is 0 Å². The molecule has 1 aliphatic heterocycles. The van der Waals surface area contributed by atoms with Crippen molar-refractivity contribution in [1.29, 1.82) is 0 Å². The van der Waals surface area contributed by atoms with Crippen molar-refractivity contribution in [3.63, 3.8) is 0 Å². The number of nitrogens with zero attached hydrogens (tertiary/aromatic N) is 5. The normalized spacial score (nSPS) is 20.9. The monoisotopic (exact) mass is 414 g/mol. The van der Waals surface area contributed by atoms with E-state index in [4.69, 9.17) is 9.97 Å². The fourth-order valence-electron chi connectivity index (χ4n) is 5.17. The average Bonchev–Trinajstić information content (AvgIpc) is 3.12. The minimum atomic E-state index is 0.100. The fraction of sp³-hybridized carbons (Fsp3) is 0.440. The highest BCUT2D eigenvalue weighted by Gasteiger charge is 2.45. The van der Waals surface area contributed by atoms with E-state index in [1.807, 2.05) is 36.8 Å². The minimum absolute atomic E-state index is 0.100. The van der Waals surface area contributed by atoms with Gasteiger partial charge in [0.2, 0.25) is 0 Å². The van der Waals surface area contributed by atoms with Crippen LogP contribution in [-0.2, 0) is 18.4 Å². The summed E-state index contributed by atoms with van der Waals surface area (Å²) in [5.41, 5.74) is 4.91. The number of nitrogens with one attached hydrogen (secondary N) is 1. The molecule has 1 unspecified atom stereocenters. The van der Waals surface area contributed by atoms with E-state index in [-0.39, 0.29) is 5.41 Å². The lowest BCUT2D eigenvalue weighted by Gasteiger charge is -2.40. The lowest BCUT2D eigenvalue weighted by atomic mass is 9.77. The van der Waals surface area contributed by atoms with Crippen molar-refractivity contribution < 1.29 is 0 Å². The second kappa shape index (κ2) is 8.35. The molecule has 1 saturated heterocycles. The highest BCUT2D eigenvalue weighted by Crippen LogP contribution is 2.46. The maximum Gasteiger partial charge on any atom is 0.163 e. The van der Waals surface area contributed by atoms with Crippen molar-refractivity contribution >= 4 is 5.82 Å².